The molecule has 1 atom stereocenters. The van der Waals surface area contributed by atoms with Gasteiger partial charge in [0.2, 0.25) is 0 Å². The predicted octanol–water partition coefficient (Wildman–Crippen LogP) is 3.24. The van der Waals surface area contributed by atoms with E-state index in [0.717, 1.165) is 5.57 Å². The van der Waals surface area contributed by atoms with Crippen LogP contribution in [-0.4, -0.2) is 5.11 Å². The van der Waals surface area contributed by atoms with E-state index in [2.05, 4.69) is 4.85 Å². The molecule has 0 aliphatic carbocycles. The molecule has 14 heavy (non-hydrogen) atoms. The molecule has 0 radical (unpaired) electrons. The van der Waals surface area contributed by atoms with E-state index in [1.165, 1.54) is 0 Å². The lowest BCUT2D eigenvalue weighted by molar-refractivity contribution is 0.228. The first-order valence-corrected chi connectivity index (χ1v) is 4.44. The number of para-hydroxylation sites is 1. The van der Waals surface area contributed by atoms with Crippen LogP contribution in [0.2, 0.25) is 0 Å². The summed E-state index contributed by atoms with van der Waals surface area (Å²) in [4.78, 5) is 3.36. The average Bonchev–Trinajstić information content (AvgIpc) is 2.16. The van der Waals surface area contributed by atoms with Gasteiger partial charge in [-0.3, -0.25) is 0 Å². The van der Waals surface area contributed by atoms with Crippen LogP contribution in [0.4, 0.5) is 5.69 Å². The summed E-state index contributed by atoms with van der Waals surface area (Å²) in [5.41, 5.74) is 2.22. The molecule has 1 N–H and O–H groups in total. The maximum atomic E-state index is 9.78. The molecule has 1 aromatic carbocycles. The van der Waals surface area contributed by atoms with Crippen LogP contribution in [0.5, 0.6) is 0 Å². The highest BCUT2D eigenvalue weighted by Gasteiger charge is 2.08. The van der Waals surface area contributed by atoms with Crippen LogP contribution in [0.25, 0.3) is 4.85 Å². The summed E-state index contributed by atoms with van der Waals surface area (Å²) in [6.45, 7) is 10.8. The first-order chi connectivity index (χ1) is 6.65. The predicted molar refractivity (Wildman–Crippen MR) is 57.1 cm³/mol. The zero-order valence-corrected chi connectivity index (χ0v) is 8.36. The summed E-state index contributed by atoms with van der Waals surface area (Å²) in [6, 6.07) is 7.11. The molecule has 72 valence electrons. The molecule has 0 heterocycles. The largest absolute Gasteiger partial charge is 0.386 e. The van der Waals surface area contributed by atoms with E-state index >= 15 is 0 Å². The Morgan fingerprint density at radius 3 is 2.64 bits per heavy atom. The van der Waals surface area contributed by atoms with Crippen LogP contribution in [0.3, 0.4) is 0 Å². The smallest absolute Gasteiger partial charge is 0.193 e. The molecule has 1 unspecified atom stereocenters. The molecule has 0 aromatic heterocycles. The van der Waals surface area contributed by atoms with Crippen molar-refractivity contribution in [1.29, 1.82) is 0 Å². The van der Waals surface area contributed by atoms with Gasteiger partial charge >= 0.3 is 0 Å². The second kappa shape index (κ2) is 4.59. The number of benzene rings is 1. The van der Waals surface area contributed by atoms with Gasteiger partial charge in [0.15, 0.2) is 5.69 Å². The molecule has 0 saturated carbocycles. The average molecular weight is 187 g/mol. The number of nitrogens with zero attached hydrogens (tertiary/aromatic N) is 1. The van der Waals surface area contributed by atoms with Gasteiger partial charge in [0, 0.05) is 0 Å². The van der Waals surface area contributed by atoms with Crippen LogP contribution in [0, 0.1) is 6.57 Å². The Labute approximate surface area is 84.3 Å². The van der Waals surface area contributed by atoms with E-state index in [4.69, 9.17) is 6.57 Å². The van der Waals surface area contributed by atoms with Crippen molar-refractivity contribution in [3.63, 3.8) is 0 Å². The number of aliphatic hydroxyl groups excluding tert-OH is 1. The van der Waals surface area contributed by atoms with Gasteiger partial charge in [-0.25, -0.2) is 4.85 Å². The van der Waals surface area contributed by atoms with Crippen molar-refractivity contribution in [3.8, 4) is 0 Å². The van der Waals surface area contributed by atoms with Crippen molar-refractivity contribution in [1.82, 2.24) is 0 Å². The maximum Gasteiger partial charge on any atom is 0.193 e. The quantitative estimate of drug-likeness (QED) is 0.558. The number of aliphatic hydroxyl groups is 1. The third-order valence-corrected chi connectivity index (χ3v) is 1.87. The fraction of sp³-hybridized carbons (Fsp3) is 0.250. The molecular weight excluding hydrogens is 174 g/mol. The normalized spacial score (nSPS) is 11.6. The minimum Gasteiger partial charge on any atom is -0.386 e. The molecule has 2 heteroatoms. The molecule has 0 saturated heterocycles. The number of hydrogen-bond acceptors (Lipinski definition) is 1. The van der Waals surface area contributed by atoms with Crippen molar-refractivity contribution in [2.75, 3.05) is 0 Å². The van der Waals surface area contributed by atoms with Crippen LogP contribution < -0.4 is 0 Å². The summed E-state index contributed by atoms with van der Waals surface area (Å²) in [7, 11) is 0. The minimum atomic E-state index is -0.676. The standard InChI is InChI=1S/C12H13NO/c1-9(2)8-12(14)10-6-4-5-7-11(10)13-3/h4-8,12,14H,1-2H3. The fourth-order valence-electron chi connectivity index (χ4n) is 1.24. The van der Waals surface area contributed by atoms with Gasteiger partial charge in [0.1, 0.15) is 0 Å². The zero-order valence-electron chi connectivity index (χ0n) is 8.36. The molecule has 1 rings (SSSR count). The maximum absolute atomic E-state index is 9.78. The van der Waals surface area contributed by atoms with E-state index < -0.39 is 6.10 Å². The second-order valence-corrected chi connectivity index (χ2v) is 3.36. The Hall–Kier alpha value is -1.59. The summed E-state index contributed by atoms with van der Waals surface area (Å²) in [5.74, 6) is 0. The van der Waals surface area contributed by atoms with Crippen LogP contribution in [0.1, 0.15) is 25.5 Å². The third-order valence-electron chi connectivity index (χ3n) is 1.87. The van der Waals surface area contributed by atoms with Gasteiger partial charge in [-0.2, -0.15) is 0 Å². The molecule has 0 fully saturated rings. The first-order valence-electron chi connectivity index (χ1n) is 4.44. The second-order valence-electron chi connectivity index (χ2n) is 3.36. The molecule has 0 aliphatic heterocycles. The van der Waals surface area contributed by atoms with Crippen molar-refractivity contribution >= 4 is 5.69 Å². The lowest BCUT2D eigenvalue weighted by Crippen LogP contribution is -1.93. The van der Waals surface area contributed by atoms with Crippen LogP contribution in [-0.2, 0) is 0 Å². The lowest BCUT2D eigenvalue weighted by Gasteiger charge is -2.08. The molecule has 0 amide bonds. The van der Waals surface area contributed by atoms with Crippen molar-refractivity contribution < 1.29 is 5.11 Å². The zero-order chi connectivity index (χ0) is 10.6. The Morgan fingerprint density at radius 2 is 2.07 bits per heavy atom. The van der Waals surface area contributed by atoms with Crippen molar-refractivity contribution in [2.45, 2.75) is 20.0 Å². The van der Waals surface area contributed by atoms with Crippen LogP contribution in [0.15, 0.2) is 35.9 Å². The van der Waals surface area contributed by atoms with Crippen LogP contribution >= 0.6 is 0 Å². The lowest BCUT2D eigenvalue weighted by atomic mass is 10.1. The highest BCUT2D eigenvalue weighted by atomic mass is 16.3. The number of hydrogen-bond donors (Lipinski definition) is 1. The van der Waals surface area contributed by atoms with E-state index in [9.17, 15) is 5.11 Å². The van der Waals surface area contributed by atoms with Gasteiger partial charge < -0.3 is 5.11 Å². The van der Waals surface area contributed by atoms with Gasteiger partial charge in [0.05, 0.1) is 12.7 Å². The summed E-state index contributed by atoms with van der Waals surface area (Å²) in [6.07, 6.45) is 1.06. The Morgan fingerprint density at radius 1 is 1.43 bits per heavy atom. The minimum absolute atomic E-state index is 0.512. The van der Waals surface area contributed by atoms with E-state index in [1.807, 2.05) is 19.9 Å². The van der Waals surface area contributed by atoms with E-state index in [0.29, 0.717) is 11.3 Å². The Bertz CT molecular complexity index is 384. The molecule has 1 aromatic rings. The summed E-state index contributed by atoms with van der Waals surface area (Å²) in [5, 5.41) is 9.78. The van der Waals surface area contributed by atoms with E-state index in [1.54, 1.807) is 24.3 Å². The van der Waals surface area contributed by atoms with Gasteiger partial charge in [0.25, 0.3) is 0 Å². The monoisotopic (exact) mass is 187 g/mol. The summed E-state index contributed by atoms with van der Waals surface area (Å²) < 4.78 is 0. The molecule has 0 aliphatic rings. The van der Waals surface area contributed by atoms with Crippen molar-refractivity contribution in [2.24, 2.45) is 0 Å². The molecule has 0 bridgehead atoms. The molecular formula is C12H13NO. The van der Waals surface area contributed by atoms with Gasteiger partial charge in [-0.1, -0.05) is 35.9 Å². The fourth-order valence-corrected chi connectivity index (χ4v) is 1.24. The van der Waals surface area contributed by atoms with Gasteiger partial charge in [-0.15, -0.1) is 0 Å². The summed E-state index contributed by atoms with van der Waals surface area (Å²) >= 11 is 0. The highest BCUT2D eigenvalue weighted by Crippen LogP contribution is 2.26. The highest BCUT2D eigenvalue weighted by molar-refractivity contribution is 5.53. The SMILES string of the molecule is [C-]#[N+]c1ccccc1C(O)C=C(C)C. The van der Waals surface area contributed by atoms with Gasteiger partial charge in [-0.05, 0) is 19.4 Å². The first kappa shape index (κ1) is 10.5. The Balaban J connectivity index is 3.07. The van der Waals surface area contributed by atoms with E-state index in [-0.39, 0.29) is 0 Å². The Kier molecular flexibility index (Phi) is 3.44. The number of rotatable bonds is 2. The molecule has 2 nitrogen and oxygen atoms in total. The number of allylic oxidation sites excluding steroid dienone is 1. The topological polar surface area (TPSA) is 24.6 Å². The third kappa shape index (κ3) is 2.45. The molecule has 0 spiro atoms. The van der Waals surface area contributed by atoms with Crippen molar-refractivity contribution in [3.05, 3.63) is 52.9 Å².